The van der Waals surface area contributed by atoms with Crippen LogP contribution >= 0.6 is 0 Å². The van der Waals surface area contributed by atoms with Crippen molar-refractivity contribution in [3.63, 3.8) is 0 Å². The first-order valence-electron chi connectivity index (χ1n) is 10.9. The number of esters is 1. The van der Waals surface area contributed by atoms with Crippen molar-refractivity contribution >= 4 is 16.4 Å². The van der Waals surface area contributed by atoms with E-state index >= 15 is 0 Å². The van der Waals surface area contributed by atoms with Crippen LogP contribution in [-0.4, -0.2) is 66.5 Å². The molecule has 5 atom stereocenters. The minimum Gasteiger partial charge on any atom is -0.456 e. The third-order valence-corrected chi connectivity index (χ3v) is 5.83. The lowest BCUT2D eigenvalue weighted by atomic mass is 9.99. The molecule has 1 aliphatic heterocycles. The topological polar surface area (TPSA) is 175 Å². The molecule has 0 aromatic heterocycles. The highest BCUT2D eigenvalue weighted by molar-refractivity contribution is 7.80. The van der Waals surface area contributed by atoms with Crippen molar-refractivity contribution < 1.29 is 46.5 Å². The highest BCUT2D eigenvalue weighted by Crippen LogP contribution is 2.27. The Labute approximate surface area is 193 Å². The molecule has 1 saturated heterocycles. The number of unbranched alkanes of at least 4 members (excludes halogenated alkanes) is 5. The molecule has 0 amide bonds. The number of aliphatic hydroxyl groups is 2. The maximum absolute atomic E-state index is 12.3. The molecule has 0 saturated carbocycles. The van der Waals surface area contributed by atoms with Crippen LogP contribution in [0.2, 0.25) is 0 Å². The Morgan fingerprint density at radius 3 is 2.27 bits per heavy atom. The molecule has 1 aliphatic rings. The molecule has 5 N–H and O–H groups in total. The molecule has 0 radical (unpaired) electrons. The van der Waals surface area contributed by atoms with Gasteiger partial charge in [-0.2, -0.15) is 8.42 Å². The van der Waals surface area contributed by atoms with Crippen LogP contribution in [-0.2, 0) is 40.1 Å². The third-order valence-electron chi connectivity index (χ3n) is 5.37. The van der Waals surface area contributed by atoms with Gasteiger partial charge in [-0.25, -0.2) is 10.1 Å². The van der Waals surface area contributed by atoms with Crippen LogP contribution in [0.5, 0.6) is 0 Å². The summed E-state index contributed by atoms with van der Waals surface area (Å²) in [5.74, 6) is 4.33. The minimum absolute atomic E-state index is 0.0324. The second kappa shape index (κ2) is 13.9. The normalized spacial score (nSPS) is 25.6. The van der Waals surface area contributed by atoms with Gasteiger partial charge in [-0.3, -0.25) is 14.2 Å². The van der Waals surface area contributed by atoms with Crippen LogP contribution in [0.25, 0.3) is 0 Å². The zero-order valence-electron chi connectivity index (χ0n) is 18.3. The third kappa shape index (κ3) is 9.63. The molecule has 0 spiro atoms. The standard InChI is InChI=1S/C21H33NO10S/c22-31-21-18(25)20(19(16(14-23)29-21)32-33(26,27)28)30-17(24)13-9-4-2-1-3-6-10-15-11-7-5-8-12-15/h5,7-8,11-12,16,18-21,23,25H,1-4,6,9-10,13-14,22H2,(H,26,27,28)/t16-,18-,19-,20-,21?/m1/s1. The molecule has 1 unspecified atom stereocenters. The van der Waals surface area contributed by atoms with Crippen molar-refractivity contribution in [1.29, 1.82) is 0 Å². The van der Waals surface area contributed by atoms with Crippen molar-refractivity contribution in [1.82, 2.24) is 0 Å². The van der Waals surface area contributed by atoms with Gasteiger partial charge in [0, 0.05) is 6.42 Å². The van der Waals surface area contributed by atoms with Crippen LogP contribution in [0.4, 0.5) is 0 Å². The van der Waals surface area contributed by atoms with Gasteiger partial charge in [0.1, 0.15) is 18.3 Å². The van der Waals surface area contributed by atoms with Crippen molar-refractivity contribution in [3.8, 4) is 0 Å². The smallest absolute Gasteiger partial charge is 0.397 e. The van der Waals surface area contributed by atoms with Crippen molar-refractivity contribution in [2.24, 2.45) is 5.90 Å². The fourth-order valence-corrected chi connectivity index (χ4v) is 4.22. The summed E-state index contributed by atoms with van der Waals surface area (Å²) in [4.78, 5) is 16.7. The second-order valence-electron chi connectivity index (χ2n) is 7.90. The van der Waals surface area contributed by atoms with Crippen molar-refractivity contribution in [2.45, 2.75) is 82.1 Å². The van der Waals surface area contributed by atoms with Gasteiger partial charge in [-0.15, -0.1) is 0 Å². The SMILES string of the molecule is NOC1O[C@H](CO)[C@@H](OS(=O)(=O)O)[C@H](OC(=O)CCCCCCCCc2ccccc2)[C@H]1O. The predicted molar refractivity (Wildman–Crippen MR) is 116 cm³/mol. The summed E-state index contributed by atoms with van der Waals surface area (Å²) in [5.41, 5.74) is 1.32. The quantitative estimate of drug-likeness (QED) is 0.127. The number of rotatable bonds is 14. The monoisotopic (exact) mass is 491 g/mol. The van der Waals surface area contributed by atoms with Gasteiger partial charge in [0.2, 0.25) is 6.29 Å². The molecule has 12 heteroatoms. The fourth-order valence-electron chi connectivity index (χ4n) is 3.71. The Kier molecular flexibility index (Phi) is 11.6. The Hall–Kier alpha value is -1.64. The van der Waals surface area contributed by atoms with E-state index in [0.29, 0.717) is 6.42 Å². The Morgan fingerprint density at radius 2 is 1.67 bits per heavy atom. The Bertz CT molecular complexity index is 807. The predicted octanol–water partition coefficient (Wildman–Crippen LogP) is 1.03. The van der Waals surface area contributed by atoms with Crippen molar-refractivity contribution in [3.05, 3.63) is 35.9 Å². The lowest BCUT2D eigenvalue weighted by Gasteiger charge is -2.41. The van der Waals surface area contributed by atoms with Gasteiger partial charge >= 0.3 is 16.4 Å². The van der Waals surface area contributed by atoms with E-state index in [-0.39, 0.29) is 6.42 Å². The first kappa shape index (κ1) is 27.6. The van der Waals surface area contributed by atoms with Gasteiger partial charge in [0.05, 0.1) is 6.61 Å². The van der Waals surface area contributed by atoms with Crippen LogP contribution < -0.4 is 5.90 Å². The van der Waals surface area contributed by atoms with Crippen LogP contribution in [0.3, 0.4) is 0 Å². The molecule has 33 heavy (non-hydrogen) atoms. The molecule has 1 fully saturated rings. The van der Waals surface area contributed by atoms with Gasteiger partial charge in [0.25, 0.3) is 0 Å². The number of aryl methyl sites for hydroxylation is 1. The highest BCUT2D eigenvalue weighted by Gasteiger charge is 2.50. The summed E-state index contributed by atoms with van der Waals surface area (Å²) in [5, 5.41) is 19.7. The zero-order valence-corrected chi connectivity index (χ0v) is 19.1. The number of carbonyl (C=O) groups excluding carboxylic acids is 1. The number of benzene rings is 1. The number of aliphatic hydroxyl groups excluding tert-OH is 2. The second-order valence-corrected chi connectivity index (χ2v) is 8.95. The van der Waals surface area contributed by atoms with Gasteiger partial charge in [0.15, 0.2) is 6.10 Å². The number of hydrogen-bond acceptors (Lipinski definition) is 10. The van der Waals surface area contributed by atoms with Gasteiger partial charge < -0.3 is 19.7 Å². The number of ether oxygens (including phenoxy) is 2. The van der Waals surface area contributed by atoms with Gasteiger partial charge in [-0.05, 0) is 24.8 Å². The van der Waals surface area contributed by atoms with Crippen LogP contribution in [0.15, 0.2) is 30.3 Å². The highest BCUT2D eigenvalue weighted by atomic mass is 32.3. The lowest BCUT2D eigenvalue weighted by Crippen LogP contribution is -2.62. The summed E-state index contributed by atoms with van der Waals surface area (Å²) in [6.07, 6.45) is -1.31. The van der Waals surface area contributed by atoms with E-state index in [9.17, 15) is 23.4 Å². The minimum atomic E-state index is -5.00. The zero-order chi connectivity index (χ0) is 24.3. The fraction of sp³-hybridized carbons (Fsp3) is 0.667. The largest absolute Gasteiger partial charge is 0.456 e. The summed E-state index contributed by atoms with van der Waals surface area (Å²) in [6.45, 7) is -0.773. The summed E-state index contributed by atoms with van der Waals surface area (Å²) >= 11 is 0. The molecule has 1 heterocycles. The first-order chi connectivity index (χ1) is 15.7. The average molecular weight is 492 g/mol. The van der Waals surface area contributed by atoms with E-state index in [0.717, 1.165) is 38.5 Å². The maximum Gasteiger partial charge on any atom is 0.397 e. The molecule has 1 aromatic rings. The number of carbonyl (C=O) groups is 1. The van der Waals surface area contributed by atoms with E-state index in [1.165, 1.54) is 5.56 Å². The molecule has 0 bridgehead atoms. The maximum atomic E-state index is 12.3. The molecule has 188 valence electrons. The van der Waals surface area contributed by atoms with E-state index in [1.807, 2.05) is 18.2 Å². The number of nitrogens with two attached hydrogens (primary N) is 1. The molecule has 1 aromatic carbocycles. The Morgan fingerprint density at radius 1 is 1.03 bits per heavy atom. The summed E-state index contributed by atoms with van der Waals surface area (Å²) in [7, 11) is -5.00. The summed E-state index contributed by atoms with van der Waals surface area (Å²) in [6, 6.07) is 10.3. The van der Waals surface area contributed by atoms with Gasteiger partial charge in [-0.1, -0.05) is 56.0 Å². The molecular weight excluding hydrogens is 458 g/mol. The molecule has 0 aliphatic carbocycles. The van der Waals surface area contributed by atoms with E-state index < -0.39 is 53.7 Å². The number of hydrogen-bond donors (Lipinski definition) is 4. The van der Waals surface area contributed by atoms with Crippen LogP contribution in [0.1, 0.15) is 50.5 Å². The lowest BCUT2D eigenvalue weighted by molar-refractivity contribution is -0.301. The van der Waals surface area contributed by atoms with E-state index in [1.54, 1.807) is 0 Å². The average Bonchev–Trinajstić information content (AvgIpc) is 2.78. The first-order valence-corrected chi connectivity index (χ1v) is 12.3. The van der Waals surface area contributed by atoms with E-state index in [4.69, 9.17) is 19.9 Å². The molecular formula is C21H33NO10S. The molecule has 2 rings (SSSR count). The van der Waals surface area contributed by atoms with E-state index in [2.05, 4.69) is 21.2 Å². The Balaban J connectivity index is 1.75. The molecule has 11 nitrogen and oxygen atoms in total. The van der Waals surface area contributed by atoms with Crippen molar-refractivity contribution in [2.75, 3.05) is 6.61 Å². The summed E-state index contributed by atoms with van der Waals surface area (Å²) < 4.78 is 46.1. The van der Waals surface area contributed by atoms with Crippen LogP contribution in [0, 0.1) is 0 Å².